The Labute approximate surface area is 143 Å². The minimum Gasteiger partial charge on any atom is -0.0879 e. The third-order valence-corrected chi connectivity index (χ3v) is 6.54. The van der Waals surface area contributed by atoms with Crippen molar-refractivity contribution in [3.8, 4) is 0 Å². The fraction of sp³-hybridized carbons (Fsp3) is 0.652. The number of hydrogen-bond acceptors (Lipinski definition) is 0. The van der Waals surface area contributed by atoms with Crippen LogP contribution in [0.1, 0.15) is 82.3 Å². The van der Waals surface area contributed by atoms with Crippen molar-refractivity contribution in [2.24, 2.45) is 11.8 Å². The minimum atomic E-state index is 0.314. The van der Waals surface area contributed by atoms with Gasteiger partial charge in [0.2, 0.25) is 0 Å². The first-order valence-electron chi connectivity index (χ1n) is 9.98. The van der Waals surface area contributed by atoms with Gasteiger partial charge < -0.3 is 0 Å². The predicted molar refractivity (Wildman–Crippen MR) is 101 cm³/mol. The summed E-state index contributed by atoms with van der Waals surface area (Å²) in [5, 5.41) is 0. The molecule has 0 unspecified atom stereocenters. The summed E-state index contributed by atoms with van der Waals surface area (Å²) in [5.41, 5.74) is 3.24. The molecule has 0 saturated heterocycles. The third-order valence-electron chi connectivity index (χ3n) is 6.54. The van der Waals surface area contributed by atoms with Crippen LogP contribution in [0.3, 0.4) is 0 Å². The molecule has 0 heteroatoms. The highest BCUT2D eigenvalue weighted by Gasteiger charge is 2.37. The summed E-state index contributed by atoms with van der Waals surface area (Å²) in [7, 11) is 0. The minimum absolute atomic E-state index is 0.314. The van der Waals surface area contributed by atoms with Crippen LogP contribution in [0.15, 0.2) is 36.4 Å². The number of allylic oxidation sites excluding steroid dienone is 2. The molecular weight excluding hydrogens is 276 g/mol. The largest absolute Gasteiger partial charge is 0.0879 e. The fourth-order valence-electron chi connectivity index (χ4n) is 5.01. The Hall–Kier alpha value is -1.04. The topological polar surface area (TPSA) is 0 Å². The van der Waals surface area contributed by atoms with E-state index in [1.54, 1.807) is 5.56 Å². The summed E-state index contributed by atoms with van der Waals surface area (Å²) < 4.78 is 0. The zero-order chi connectivity index (χ0) is 16.1. The molecule has 0 aromatic heterocycles. The van der Waals surface area contributed by atoms with Crippen molar-refractivity contribution in [2.45, 2.75) is 83.5 Å². The smallest absolute Gasteiger partial charge is 0.0132 e. The molecule has 2 saturated carbocycles. The molecule has 23 heavy (non-hydrogen) atoms. The van der Waals surface area contributed by atoms with Crippen LogP contribution in [0, 0.1) is 18.8 Å². The first kappa shape index (κ1) is 16.8. The van der Waals surface area contributed by atoms with Crippen LogP contribution in [-0.4, -0.2) is 0 Å². The molecule has 0 atom stereocenters. The molecular formula is C23H34. The maximum Gasteiger partial charge on any atom is 0.0132 e. The van der Waals surface area contributed by atoms with Crippen molar-refractivity contribution in [3.63, 3.8) is 0 Å². The summed E-state index contributed by atoms with van der Waals surface area (Å²) in [6.07, 6.45) is 19.2. The molecule has 1 aromatic carbocycles. The van der Waals surface area contributed by atoms with Gasteiger partial charge in [0.15, 0.2) is 0 Å². The number of benzene rings is 1. The van der Waals surface area contributed by atoms with Crippen LogP contribution >= 0.6 is 0 Å². The van der Waals surface area contributed by atoms with E-state index >= 15 is 0 Å². The Morgan fingerprint density at radius 1 is 0.913 bits per heavy atom. The SMILES string of the molecule is CCC=CC1(c2ccc(C)cc2)CCC(C2CCCCC2)CC1. The van der Waals surface area contributed by atoms with Gasteiger partial charge in [-0.25, -0.2) is 0 Å². The van der Waals surface area contributed by atoms with Gasteiger partial charge in [0, 0.05) is 5.41 Å². The van der Waals surface area contributed by atoms with Crippen molar-refractivity contribution in [1.82, 2.24) is 0 Å². The summed E-state index contributed by atoms with van der Waals surface area (Å²) in [5.74, 6) is 2.04. The van der Waals surface area contributed by atoms with Crippen LogP contribution < -0.4 is 0 Å². The summed E-state index contributed by atoms with van der Waals surface area (Å²) in [6.45, 7) is 4.45. The van der Waals surface area contributed by atoms with E-state index in [2.05, 4.69) is 50.3 Å². The predicted octanol–water partition coefficient (Wildman–Crippen LogP) is 6.97. The van der Waals surface area contributed by atoms with Crippen molar-refractivity contribution < 1.29 is 0 Å². The lowest BCUT2D eigenvalue weighted by Gasteiger charge is -2.42. The zero-order valence-corrected chi connectivity index (χ0v) is 15.2. The van der Waals surface area contributed by atoms with E-state index in [4.69, 9.17) is 0 Å². The van der Waals surface area contributed by atoms with Gasteiger partial charge in [-0.1, -0.05) is 81.0 Å². The zero-order valence-electron chi connectivity index (χ0n) is 15.2. The summed E-state index contributed by atoms with van der Waals surface area (Å²) in [6, 6.07) is 9.36. The van der Waals surface area contributed by atoms with E-state index in [1.807, 2.05) is 0 Å². The Morgan fingerprint density at radius 2 is 1.52 bits per heavy atom. The van der Waals surface area contributed by atoms with E-state index in [-0.39, 0.29) is 0 Å². The standard InChI is InChI=1S/C23H34/c1-3-4-16-23(22-12-10-19(2)11-13-22)17-14-21(15-18-23)20-8-6-5-7-9-20/h4,10-13,16,20-21H,3,5-9,14-15,17-18H2,1-2H3. The lowest BCUT2D eigenvalue weighted by atomic mass is 9.62. The van der Waals surface area contributed by atoms with Crippen molar-refractivity contribution in [3.05, 3.63) is 47.5 Å². The molecule has 2 aliphatic carbocycles. The van der Waals surface area contributed by atoms with Gasteiger partial charge in [-0.2, -0.15) is 0 Å². The quantitative estimate of drug-likeness (QED) is 0.527. The molecule has 2 fully saturated rings. The van der Waals surface area contributed by atoms with Gasteiger partial charge in [-0.3, -0.25) is 0 Å². The maximum absolute atomic E-state index is 2.55. The molecule has 2 aliphatic rings. The van der Waals surface area contributed by atoms with E-state index in [9.17, 15) is 0 Å². The Morgan fingerprint density at radius 3 is 2.13 bits per heavy atom. The van der Waals surface area contributed by atoms with E-state index in [1.165, 1.54) is 63.4 Å². The van der Waals surface area contributed by atoms with E-state index in [0.29, 0.717) is 5.41 Å². The van der Waals surface area contributed by atoms with Gasteiger partial charge in [-0.15, -0.1) is 0 Å². The van der Waals surface area contributed by atoms with Gasteiger partial charge >= 0.3 is 0 Å². The average molecular weight is 311 g/mol. The Bertz CT molecular complexity index is 493. The molecule has 3 rings (SSSR count). The molecule has 0 aliphatic heterocycles. The lowest BCUT2D eigenvalue weighted by Crippen LogP contribution is -2.33. The normalized spacial score (nSPS) is 29.9. The molecule has 0 bridgehead atoms. The van der Waals surface area contributed by atoms with Crippen LogP contribution in [0.25, 0.3) is 0 Å². The van der Waals surface area contributed by atoms with Crippen LogP contribution in [-0.2, 0) is 5.41 Å². The van der Waals surface area contributed by atoms with E-state index in [0.717, 1.165) is 18.3 Å². The van der Waals surface area contributed by atoms with Crippen molar-refractivity contribution in [1.29, 1.82) is 0 Å². The molecule has 0 heterocycles. The van der Waals surface area contributed by atoms with Crippen molar-refractivity contribution in [2.75, 3.05) is 0 Å². The third kappa shape index (κ3) is 3.90. The molecule has 0 nitrogen and oxygen atoms in total. The lowest BCUT2D eigenvalue weighted by molar-refractivity contribution is 0.166. The van der Waals surface area contributed by atoms with Crippen LogP contribution in [0.2, 0.25) is 0 Å². The number of hydrogen-bond donors (Lipinski definition) is 0. The highest BCUT2D eigenvalue weighted by Crippen LogP contribution is 2.47. The summed E-state index contributed by atoms with van der Waals surface area (Å²) in [4.78, 5) is 0. The molecule has 0 amide bonds. The first-order valence-corrected chi connectivity index (χ1v) is 9.98. The van der Waals surface area contributed by atoms with Crippen molar-refractivity contribution >= 4 is 0 Å². The second-order valence-corrected chi connectivity index (χ2v) is 8.07. The monoisotopic (exact) mass is 310 g/mol. The van der Waals surface area contributed by atoms with Crippen LogP contribution in [0.4, 0.5) is 0 Å². The molecule has 0 radical (unpaired) electrons. The van der Waals surface area contributed by atoms with E-state index < -0.39 is 0 Å². The summed E-state index contributed by atoms with van der Waals surface area (Å²) >= 11 is 0. The molecule has 0 spiro atoms. The van der Waals surface area contributed by atoms with Crippen LogP contribution in [0.5, 0.6) is 0 Å². The van der Waals surface area contributed by atoms with Gasteiger partial charge in [0.1, 0.15) is 0 Å². The highest BCUT2D eigenvalue weighted by atomic mass is 14.4. The molecule has 1 aromatic rings. The molecule has 126 valence electrons. The maximum atomic E-state index is 2.55. The van der Waals surface area contributed by atoms with Gasteiger partial charge in [0.25, 0.3) is 0 Å². The number of rotatable bonds is 4. The highest BCUT2D eigenvalue weighted by molar-refractivity contribution is 5.34. The first-order chi connectivity index (χ1) is 11.2. The molecule has 0 N–H and O–H groups in total. The Balaban J connectivity index is 1.74. The second kappa shape index (κ2) is 7.69. The van der Waals surface area contributed by atoms with Gasteiger partial charge in [-0.05, 0) is 56.4 Å². The Kier molecular flexibility index (Phi) is 5.62. The average Bonchev–Trinajstić information content (AvgIpc) is 2.62. The fourth-order valence-corrected chi connectivity index (χ4v) is 5.01. The van der Waals surface area contributed by atoms with Gasteiger partial charge in [0.05, 0.1) is 0 Å². The second-order valence-electron chi connectivity index (χ2n) is 8.07. The number of aryl methyl sites for hydroxylation is 1.